The second-order valence-electron chi connectivity index (χ2n) is 24.4. The van der Waals surface area contributed by atoms with Crippen LogP contribution in [0.3, 0.4) is 0 Å². The fourth-order valence-corrected chi connectivity index (χ4v) is 13.3. The van der Waals surface area contributed by atoms with Gasteiger partial charge in [-0.25, -0.2) is 9.59 Å². The van der Waals surface area contributed by atoms with Gasteiger partial charge in [-0.05, 0) is 75.8 Å². The summed E-state index contributed by atoms with van der Waals surface area (Å²) >= 11 is 1.71. The van der Waals surface area contributed by atoms with Crippen LogP contribution < -0.4 is 31.9 Å². The van der Waals surface area contributed by atoms with Crippen molar-refractivity contribution in [1.29, 1.82) is 0 Å². The summed E-state index contributed by atoms with van der Waals surface area (Å²) in [7, 11) is 2.83. The Morgan fingerprint density at radius 3 is 1.20 bits per heavy atom. The fraction of sp³-hybridized carbons (Fsp3) is 0.420. The molecule has 2 aromatic heterocycles. The highest BCUT2D eigenvalue weighted by Gasteiger charge is 2.40. The smallest absolute Gasteiger partial charge is 0.408 e. The first-order valence-electron chi connectivity index (χ1n) is 30.4. The fourth-order valence-electron chi connectivity index (χ4n) is 9.45. The maximum absolute atomic E-state index is 12.9. The molecule has 2 aliphatic rings. The molecule has 5 aromatic carbocycles. The Hall–Kier alpha value is -8.15. The highest BCUT2D eigenvalue weighted by molar-refractivity contribution is 8.76. The minimum atomic E-state index is -0.653. The number of piperazine rings is 2. The van der Waals surface area contributed by atoms with E-state index in [1.54, 1.807) is 32.5 Å². The molecule has 0 unspecified atom stereocenters. The molecule has 492 valence electrons. The van der Waals surface area contributed by atoms with Gasteiger partial charge in [0.15, 0.2) is 11.6 Å². The van der Waals surface area contributed by atoms with E-state index in [1.165, 1.54) is 21.6 Å². The van der Waals surface area contributed by atoms with E-state index in [0.717, 1.165) is 27.8 Å². The molecule has 23 heteroatoms. The van der Waals surface area contributed by atoms with Crippen LogP contribution >= 0.6 is 33.3 Å². The molecule has 0 saturated carbocycles. The van der Waals surface area contributed by atoms with E-state index in [9.17, 15) is 28.8 Å². The van der Waals surface area contributed by atoms with Crippen molar-refractivity contribution in [1.82, 2.24) is 52.2 Å². The molecule has 6 atom stereocenters. The molecule has 20 nitrogen and oxygen atoms in total. The first kappa shape index (κ1) is 72.9. The lowest BCUT2D eigenvalue weighted by atomic mass is 9.84. The molecule has 7 aromatic rings. The second kappa shape index (κ2) is 34.5. The Bertz CT molecular complexity index is 3340. The summed E-state index contributed by atoms with van der Waals surface area (Å²) in [6, 6.07) is 47.3. The maximum atomic E-state index is 12.9. The number of carbonyl (C=O) groups is 6. The zero-order valence-electron chi connectivity index (χ0n) is 53.4. The van der Waals surface area contributed by atoms with Crippen LogP contribution in [0.4, 0.5) is 9.59 Å². The van der Waals surface area contributed by atoms with Crippen LogP contribution in [0.1, 0.15) is 165 Å². The van der Waals surface area contributed by atoms with Gasteiger partial charge in [0.1, 0.15) is 47.5 Å². The molecule has 2 saturated heterocycles. The number of hydrogen-bond donors (Lipinski definition) is 6. The highest BCUT2D eigenvalue weighted by atomic mass is 33.1. The second-order valence-corrected chi connectivity index (χ2v) is 28.2. The van der Waals surface area contributed by atoms with E-state index in [-0.39, 0.29) is 54.8 Å². The number of rotatable bonds is 22. The van der Waals surface area contributed by atoms with Crippen molar-refractivity contribution in [2.45, 2.75) is 167 Å². The van der Waals surface area contributed by atoms with Gasteiger partial charge in [-0.2, -0.15) is 9.97 Å². The van der Waals surface area contributed by atoms with Gasteiger partial charge in [0.2, 0.25) is 35.4 Å². The van der Waals surface area contributed by atoms with Crippen molar-refractivity contribution in [2.24, 2.45) is 0 Å². The lowest BCUT2D eigenvalue weighted by Gasteiger charge is -2.36. The van der Waals surface area contributed by atoms with E-state index < -0.39 is 58.3 Å². The number of amides is 6. The monoisotopic (exact) mass is 1310 g/mol. The van der Waals surface area contributed by atoms with Gasteiger partial charge in [0.05, 0.1) is 4.75 Å². The van der Waals surface area contributed by atoms with E-state index in [2.05, 4.69) is 125 Å². The lowest BCUT2D eigenvalue weighted by Crippen LogP contribution is -2.63. The Kier molecular flexibility index (Phi) is 27.3. The molecular weight excluding hydrogens is 1230 g/mol. The average Bonchev–Trinajstić information content (AvgIpc) is 0.897. The van der Waals surface area contributed by atoms with Gasteiger partial charge >= 0.3 is 12.2 Å². The van der Waals surface area contributed by atoms with E-state index in [4.69, 9.17) is 18.5 Å². The normalized spacial score (nSPS) is 17.1. The molecule has 0 radical (unpaired) electrons. The number of hydrogen-bond acceptors (Lipinski definition) is 17. The highest BCUT2D eigenvalue weighted by Crippen LogP contribution is 2.49. The van der Waals surface area contributed by atoms with Gasteiger partial charge < -0.3 is 50.4 Å². The van der Waals surface area contributed by atoms with Crippen LogP contribution in [-0.4, -0.2) is 109 Å². The molecule has 0 bridgehead atoms. The average molecular weight is 1310 g/mol. The molecule has 6 N–H and O–H groups in total. The summed E-state index contributed by atoms with van der Waals surface area (Å²) in [5, 5.41) is 25.0. The number of nitrogens with zero attached hydrogens (tertiary/aromatic N) is 4. The lowest BCUT2D eigenvalue weighted by molar-refractivity contribution is -0.136. The van der Waals surface area contributed by atoms with Gasteiger partial charge in [-0.15, -0.1) is 11.8 Å². The predicted molar refractivity (Wildman–Crippen MR) is 363 cm³/mol. The molecule has 9 rings (SSSR count). The third-order valence-electron chi connectivity index (χ3n) is 14.0. The first-order valence-corrected chi connectivity index (χ1v) is 33.9. The zero-order valence-corrected chi connectivity index (χ0v) is 55.8. The van der Waals surface area contributed by atoms with Gasteiger partial charge in [0.25, 0.3) is 0 Å². The summed E-state index contributed by atoms with van der Waals surface area (Å²) in [6.07, 6.45) is 0.473. The first-order chi connectivity index (χ1) is 43.4. The minimum absolute atomic E-state index is 0. The van der Waals surface area contributed by atoms with Crippen LogP contribution in [-0.2, 0) is 46.2 Å². The van der Waals surface area contributed by atoms with E-state index >= 15 is 0 Å². The Morgan fingerprint density at radius 1 is 0.500 bits per heavy atom. The van der Waals surface area contributed by atoms with Crippen molar-refractivity contribution >= 4 is 69.2 Å². The number of thioether (sulfide) groups is 1. The van der Waals surface area contributed by atoms with Crippen LogP contribution in [0.2, 0.25) is 0 Å². The number of benzene rings is 5. The number of carbonyl (C=O) groups excluding carboxylic acids is 6. The van der Waals surface area contributed by atoms with Crippen LogP contribution in [0, 0.1) is 0 Å². The number of alkyl carbamates (subject to hydrolysis) is 2. The SMILES string of the molecule is C.CC(C)c1noc([C@H](CSC(c2ccccc2)(c2ccccc2)c2ccccc2)NC(=O)OC(C)(C)C)n1.CC(C)c1noc([C@H](CSSC[C@@H]2NC(=O)[C@@H](Cc3ccccc3)NC2=O)NC(=O)OC(C)(C)C)n1.CC[C@@H]1NC(=O)[C@@H](Cc2ccccc2)NC1=O. The standard InChI is InChI=1S/C31H35N3O3S.C24H33N5O5S2.C13H16N2O2.CH4/c1-22(2)27-33-28(37-34-27)26(32-29(35)36-30(3,4)5)21-38-31(23-15-9-6-10-16-23,24-17-11-7-12-18-24)25-19-13-8-14-20-25;1-14(2)19-28-22(34-29-19)18(27-23(32)33-24(3,4)5)13-36-35-12-17-21(31)25-16(20(30)26-17)11-15-9-7-6-8-10-15;1-2-10-12(16)15-11(13(17)14-10)8-9-6-4-3-5-7-9;/h6-20,22,26H,21H2,1-5H3,(H,32,35);6-10,14,16-18H,11-13H2,1-5H3,(H,25,31)(H,26,30)(H,27,32);3-7,10-11H,2,8H2,1H3,(H,14,17)(H,15,16);1H4/t26-;16-,17+,18+;10-,11+;/m010./s1. The summed E-state index contributed by atoms with van der Waals surface area (Å²) in [4.78, 5) is 82.8. The van der Waals surface area contributed by atoms with Crippen molar-refractivity contribution in [3.8, 4) is 0 Å². The molecule has 4 heterocycles. The Labute approximate surface area is 552 Å². The third-order valence-corrected chi connectivity index (χ3v) is 18.1. The number of aromatic nitrogens is 4. The molecule has 2 aliphatic heterocycles. The van der Waals surface area contributed by atoms with Crippen molar-refractivity contribution in [2.75, 3.05) is 17.3 Å². The largest absolute Gasteiger partial charge is 0.444 e. The molecule has 6 amide bonds. The van der Waals surface area contributed by atoms with Gasteiger partial charge in [-0.1, -0.05) is 226 Å². The molecule has 2 fully saturated rings. The maximum Gasteiger partial charge on any atom is 0.408 e. The van der Waals surface area contributed by atoms with Crippen LogP contribution in [0.15, 0.2) is 161 Å². The summed E-state index contributed by atoms with van der Waals surface area (Å²) in [5.41, 5.74) is 4.13. The van der Waals surface area contributed by atoms with Gasteiger partial charge in [0, 0.05) is 41.9 Å². The molecule has 92 heavy (non-hydrogen) atoms. The molecular formula is C69H88N10O10S3. The molecule has 0 aliphatic carbocycles. The quantitative estimate of drug-likeness (QED) is 0.0209. The number of nitrogens with one attached hydrogen (secondary N) is 6. The van der Waals surface area contributed by atoms with E-state index in [0.29, 0.717) is 54.1 Å². The van der Waals surface area contributed by atoms with Gasteiger partial charge in [-0.3, -0.25) is 19.2 Å². The zero-order chi connectivity index (χ0) is 65.7. The topological polar surface area (TPSA) is 271 Å². The predicted octanol–water partition coefficient (Wildman–Crippen LogP) is 12.1. The van der Waals surface area contributed by atoms with Crippen LogP contribution in [0.25, 0.3) is 0 Å². The third kappa shape index (κ3) is 21.7. The Morgan fingerprint density at radius 2 is 0.837 bits per heavy atom. The van der Waals surface area contributed by atoms with Crippen molar-refractivity contribution in [3.05, 3.63) is 203 Å². The molecule has 0 spiro atoms. The summed E-state index contributed by atoms with van der Waals surface area (Å²) in [6.45, 7) is 20.6. The summed E-state index contributed by atoms with van der Waals surface area (Å²) in [5.74, 6) is 2.56. The Balaban J connectivity index is 0.000000232. The van der Waals surface area contributed by atoms with Crippen molar-refractivity contribution < 1.29 is 47.3 Å². The minimum Gasteiger partial charge on any atom is -0.444 e. The van der Waals surface area contributed by atoms with E-state index in [1.807, 2.05) is 134 Å². The number of ether oxygens (including phenoxy) is 2. The summed E-state index contributed by atoms with van der Waals surface area (Å²) < 4.78 is 21.4. The van der Waals surface area contributed by atoms with Crippen molar-refractivity contribution in [3.63, 3.8) is 0 Å². The van der Waals surface area contributed by atoms with Crippen LogP contribution in [0.5, 0.6) is 0 Å².